The second-order valence-corrected chi connectivity index (χ2v) is 4.95. The lowest BCUT2D eigenvalue weighted by Gasteiger charge is -2.10. The van der Waals surface area contributed by atoms with E-state index in [1.54, 1.807) is 4.68 Å². The van der Waals surface area contributed by atoms with Crippen LogP contribution in [0.25, 0.3) is 0 Å². The van der Waals surface area contributed by atoms with Crippen LogP contribution < -0.4 is 10.1 Å². The topological polar surface area (TPSA) is 39.1 Å². The molecule has 0 fully saturated rings. The summed E-state index contributed by atoms with van der Waals surface area (Å²) in [6.07, 6.45) is 1.92. The van der Waals surface area contributed by atoms with E-state index in [9.17, 15) is 0 Å². The molecule has 1 aromatic carbocycles. The van der Waals surface area contributed by atoms with Gasteiger partial charge in [-0.05, 0) is 23.8 Å². The number of benzene rings is 1. The van der Waals surface area contributed by atoms with Crippen molar-refractivity contribution in [2.75, 3.05) is 0 Å². The predicted octanol–water partition coefficient (Wildman–Crippen LogP) is 2.50. The van der Waals surface area contributed by atoms with Crippen LogP contribution in [-0.4, -0.2) is 15.8 Å². The highest BCUT2D eigenvalue weighted by molar-refractivity contribution is 5.28. The summed E-state index contributed by atoms with van der Waals surface area (Å²) in [5.74, 6) is 0.883. The summed E-state index contributed by atoms with van der Waals surface area (Å²) in [4.78, 5) is 0. The van der Waals surface area contributed by atoms with E-state index in [1.165, 1.54) is 5.56 Å². The van der Waals surface area contributed by atoms with Crippen molar-refractivity contribution in [2.45, 2.75) is 33.0 Å². The predicted molar refractivity (Wildman–Crippen MR) is 76.0 cm³/mol. The summed E-state index contributed by atoms with van der Waals surface area (Å²) < 4.78 is 7.53. The Hall–Kier alpha value is -1.81. The van der Waals surface area contributed by atoms with Crippen molar-refractivity contribution in [3.05, 3.63) is 47.8 Å². The SMILES string of the molecule is CC(C)NCc1cccc(OCc2ccn(C)n2)c1. The normalized spacial score (nSPS) is 10.9. The molecule has 4 heteroatoms. The minimum absolute atomic E-state index is 0.484. The number of nitrogens with one attached hydrogen (secondary N) is 1. The van der Waals surface area contributed by atoms with Gasteiger partial charge in [0.1, 0.15) is 12.4 Å². The monoisotopic (exact) mass is 259 g/mol. The molecule has 102 valence electrons. The second-order valence-electron chi connectivity index (χ2n) is 4.95. The standard InChI is InChI=1S/C15H21N3O/c1-12(2)16-10-13-5-4-6-15(9-13)19-11-14-7-8-18(3)17-14/h4-9,12,16H,10-11H2,1-3H3. The van der Waals surface area contributed by atoms with Crippen LogP contribution in [-0.2, 0) is 20.2 Å². The minimum Gasteiger partial charge on any atom is -0.487 e. The van der Waals surface area contributed by atoms with Crippen molar-refractivity contribution in [3.63, 3.8) is 0 Å². The first kappa shape index (κ1) is 13.6. The Labute approximate surface area is 114 Å². The maximum absolute atomic E-state index is 5.75. The van der Waals surface area contributed by atoms with Crippen LogP contribution in [0.15, 0.2) is 36.5 Å². The Bertz CT molecular complexity index is 520. The van der Waals surface area contributed by atoms with Crippen LogP contribution in [0.2, 0.25) is 0 Å². The first-order valence-corrected chi connectivity index (χ1v) is 6.57. The van der Waals surface area contributed by atoms with E-state index in [-0.39, 0.29) is 0 Å². The lowest BCUT2D eigenvalue weighted by atomic mass is 10.2. The minimum atomic E-state index is 0.484. The first-order chi connectivity index (χ1) is 9.13. The molecule has 0 amide bonds. The fraction of sp³-hybridized carbons (Fsp3) is 0.400. The van der Waals surface area contributed by atoms with Crippen molar-refractivity contribution in [2.24, 2.45) is 7.05 Å². The Balaban J connectivity index is 1.91. The van der Waals surface area contributed by atoms with Gasteiger partial charge >= 0.3 is 0 Å². The zero-order valence-corrected chi connectivity index (χ0v) is 11.8. The largest absolute Gasteiger partial charge is 0.487 e. The van der Waals surface area contributed by atoms with Crippen molar-refractivity contribution in [3.8, 4) is 5.75 Å². The quantitative estimate of drug-likeness (QED) is 0.866. The van der Waals surface area contributed by atoms with Crippen LogP contribution >= 0.6 is 0 Å². The van der Waals surface area contributed by atoms with Crippen molar-refractivity contribution < 1.29 is 4.74 Å². The van der Waals surface area contributed by atoms with E-state index in [1.807, 2.05) is 31.4 Å². The molecule has 19 heavy (non-hydrogen) atoms. The van der Waals surface area contributed by atoms with E-state index in [4.69, 9.17) is 4.74 Å². The van der Waals surface area contributed by atoms with Gasteiger partial charge in [0, 0.05) is 25.8 Å². The molecule has 4 nitrogen and oxygen atoms in total. The summed E-state index contributed by atoms with van der Waals surface area (Å²) in [5.41, 5.74) is 2.17. The average molecular weight is 259 g/mol. The van der Waals surface area contributed by atoms with Crippen LogP contribution in [0, 0.1) is 0 Å². The number of ether oxygens (including phenoxy) is 1. The number of hydrogen-bond acceptors (Lipinski definition) is 3. The van der Waals surface area contributed by atoms with E-state index < -0.39 is 0 Å². The van der Waals surface area contributed by atoms with E-state index in [0.29, 0.717) is 12.6 Å². The molecule has 0 aliphatic rings. The number of nitrogens with zero attached hydrogens (tertiary/aromatic N) is 2. The average Bonchev–Trinajstić information content (AvgIpc) is 2.80. The molecule has 0 unspecified atom stereocenters. The smallest absolute Gasteiger partial charge is 0.132 e. The molecule has 2 aromatic rings. The number of aromatic nitrogens is 2. The third-order valence-corrected chi connectivity index (χ3v) is 2.77. The third kappa shape index (κ3) is 4.41. The van der Waals surface area contributed by atoms with Gasteiger partial charge in [-0.25, -0.2) is 0 Å². The molecule has 0 saturated carbocycles. The zero-order valence-electron chi connectivity index (χ0n) is 11.8. The summed E-state index contributed by atoms with van der Waals surface area (Å²) in [7, 11) is 1.90. The fourth-order valence-corrected chi connectivity index (χ4v) is 1.76. The van der Waals surface area contributed by atoms with Gasteiger partial charge in [-0.15, -0.1) is 0 Å². The Morgan fingerprint density at radius 3 is 2.84 bits per heavy atom. The molecule has 1 aromatic heterocycles. The number of rotatable bonds is 6. The molecule has 1 heterocycles. The van der Waals surface area contributed by atoms with Crippen molar-refractivity contribution >= 4 is 0 Å². The second kappa shape index (κ2) is 6.38. The van der Waals surface area contributed by atoms with Gasteiger partial charge in [0.2, 0.25) is 0 Å². The first-order valence-electron chi connectivity index (χ1n) is 6.57. The van der Waals surface area contributed by atoms with Gasteiger partial charge in [0.05, 0.1) is 5.69 Å². The molecule has 0 saturated heterocycles. The molecule has 0 bridgehead atoms. The Morgan fingerprint density at radius 2 is 2.16 bits per heavy atom. The van der Waals surface area contributed by atoms with Gasteiger partial charge < -0.3 is 10.1 Å². The molecule has 0 aliphatic heterocycles. The molecule has 0 aliphatic carbocycles. The van der Waals surface area contributed by atoms with Crippen molar-refractivity contribution in [1.29, 1.82) is 0 Å². The molecule has 0 spiro atoms. The third-order valence-electron chi connectivity index (χ3n) is 2.77. The highest BCUT2D eigenvalue weighted by Gasteiger charge is 2.01. The molecular formula is C15H21N3O. The van der Waals surface area contributed by atoms with E-state index in [0.717, 1.165) is 18.0 Å². The van der Waals surface area contributed by atoms with E-state index in [2.05, 4.69) is 36.4 Å². The van der Waals surface area contributed by atoms with Crippen LogP contribution in [0.4, 0.5) is 0 Å². The Morgan fingerprint density at radius 1 is 1.32 bits per heavy atom. The van der Waals surface area contributed by atoms with Gasteiger partial charge in [-0.3, -0.25) is 4.68 Å². The lowest BCUT2D eigenvalue weighted by Crippen LogP contribution is -2.21. The van der Waals surface area contributed by atoms with Crippen LogP contribution in [0.5, 0.6) is 5.75 Å². The molecule has 2 rings (SSSR count). The highest BCUT2D eigenvalue weighted by atomic mass is 16.5. The van der Waals surface area contributed by atoms with Gasteiger partial charge in [0.25, 0.3) is 0 Å². The summed E-state index contributed by atoms with van der Waals surface area (Å²) in [5, 5.41) is 7.68. The number of aryl methyl sites for hydroxylation is 1. The molecule has 0 atom stereocenters. The summed E-state index contributed by atoms with van der Waals surface area (Å²) in [6, 6.07) is 10.6. The summed E-state index contributed by atoms with van der Waals surface area (Å²) >= 11 is 0. The van der Waals surface area contributed by atoms with Crippen LogP contribution in [0.1, 0.15) is 25.1 Å². The lowest BCUT2D eigenvalue weighted by molar-refractivity contribution is 0.299. The maximum Gasteiger partial charge on any atom is 0.132 e. The van der Waals surface area contributed by atoms with Crippen LogP contribution in [0.3, 0.4) is 0 Å². The molecule has 0 radical (unpaired) electrons. The van der Waals surface area contributed by atoms with Gasteiger partial charge in [-0.2, -0.15) is 5.10 Å². The van der Waals surface area contributed by atoms with E-state index >= 15 is 0 Å². The number of hydrogen-bond donors (Lipinski definition) is 1. The molecular weight excluding hydrogens is 238 g/mol. The van der Waals surface area contributed by atoms with Gasteiger partial charge in [-0.1, -0.05) is 26.0 Å². The van der Waals surface area contributed by atoms with Crippen molar-refractivity contribution in [1.82, 2.24) is 15.1 Å². The zero-order chi connectivity index (χ0) is 13.7. The molecule has 1 N–H and O–H groups in total. The highest BCUT2D eigenvalue weighted by Crippen LogP contribution is 2.14. The Kier molecular flexibility index (Phi) is 4.58. The van der Waals surface area contributed by atoms with Gasteiger partial charge in [0.15, 0.2) is 0 Å². The fourth-order valence-electron chi connectivity index (χ4n) is 1.76. The maximum atomic E-state index is 5.75. The summed E-state index contributed by atoms with van der Waals surface area (Å²) in [6.45, 7) is 5.64.